The van der Waals surface area contributed by atoms with Crippen molar-refractivity contribution in [3.63, 3.8) is 0 Å². The highest BCUT2D eigenvalue weighted by atomic mass is 35.5. The second-order valence-corrected chi connectivity index (χ2v) is 7.49. The Kier molecular flexibility index (Phi) is 4.10. The molecule has 0 atom stereocenters. The topological polar surface area (TPSA) is 46.2 Å². The molecule has 6 heteroatoms. The number of hydrogen-bond acceptors (Lipinski definition) is 2. The van der Waals surface area contributed by atoms with Crippen molar-refractivity contribution in [3.05, 3.63) is 58.4 Å². The van der Waals surface area contributed by atoms with Crippen LogP contribution in [0.4, 0.5) is 10.1 Å². The highest BCUT2D eigenvalue weighted by Crippen LogP contribution is 2.26. The molecule has 0 spiro atoms. The number of nitrogens with one attached hydrogen (secondary N) is 1. The van der Waals surface area contributed by atoms with Gasteiger partial charge in [0.25, 0.3) is 10.0 Å². The second kappa shape index (κ2) is 5.89. The van der Waals surface area contributed by atoms with E-state index in [0.29, 0.717) is 0 Å². The van der Waals surface area contributed by atoms with Gasteiger partial charge in [0, 0.05) is 5.02 Å². The highest BCUT2D eigenvalue weighted by Gasteiger charge is 2.19. The van der Waals surface area contributed by atoms with E-state index >= 15 is 0 Å². The zero-order chi connectivity index (χ0) is 15.7. The van der Waals surface area contributed by atoms with Gasteiger partial charge in [0.15, 0.2) is 0 Å². The van der Waals surface area contributed by atoms with Crippen LogP contribution in [-0.4, -0.2) is 8.42 Å². The first-order chi connectivity index (χ1) is 10.5. The lowest BCUT2D eigenvalue weighted by atomic mass is 9.92. The van der Waals surface area contributed by atoms with Crippen molar-refractivity contribution in [1.29, 1.82) is 0 Å². The minimum Gasteiger partial charge on any atom is -0.277 e. The number of rotatable bonds is 3. The molecular formula is C16H15ClFNO2S. The quantitative estimate of drug-likeness (QED) is 0.912. The molecule has 1 aliphatic rings. The average Bonchev–Trinajstić information content (AvgIpc) is 2.49. The van der Waals surface area contributed by atoms with Gasteiger partial charge in [0.2, 0.25) is 0 Å². The zero-order valence-corrected chi connectivity index (χ0v) is 13.3. The fourth-order valence-corrected chi connectivity index (χ4v) is 3.93. The van der Waals surface area contributed by atoms with Crippen molar-refractivity contribution in [2.75, 3.05) is 4.72 Å². The van der Waals surface area contributed by atoms with E-state index in [1.807, 2.05) is 6.07 Å². The molecule has 1 aliphatic carbocycles. The maximum atomic E-state index is 13.8. The van der Waals surface area contributed by atoms with Crippen LogP contribution in [0.25, 0.3) is 0 Å². The first-order valence-corrected chi connectivity index (χ1v) is 8.91. The number of fused-ring (bicyclic) bond motifs is 1. The fraction of sp³-hybridized carbons (Fsp3) is 0.250. The first-order valence-electron chi connectivity index (χ1n) is 7.05. The van der Waals surface area contributed by atoms with Crippen LogP contribution in [0.1, 0.15) is 24.0 Å². The van der Waals surface area contributed by atoms with Gasteiger partial charge in [-0.15, -0.1) is 0 Å². The van der Waals surface area contributed by atoms with Crippen molar-refractivity contribution in [1.82, 2.24) is 0 Å². The van der Waals surface area contributed by atoms with Crippen LogP contribution in [-0.2, 0) is 22.9 Å². The maximum Gasteiger partial charge on any atom is 0.261 e. The number of sulfonamides is 1. The molecular weight excluding hydrogens is 325 g/mol. The van der Waals surface area contributed by atoms with Gasteiger partial charge in [-0.3, -0.25) is 4.72 Å². The van der Waals surface area contributed by atoms with Gasteiger partial charge in [-0.05, 0) is 67.1 Å². The molecule has 0 radical (unpaired) electrons. The van der Waals surface area contributed by atoms with Crippen molar-refractivity contribution in [2.45, 2.75) is 30.6 Å². The van der Waals surface area contributed by atoms with Crippen LogP contribution in [0.15, 0.2) is 41.3 Å². The zero-order valence-electron chi connectivity index (χ0n) is 11.8. The summed E-state index contributed by atoms with van der Waals surface area (Å²) < 4.78 is 40.9. The largest absolute Gasteiger partial charge is 0.277 e. The summed E-state index contributed by atoms with van der Waals surface area (Å²) >= 11 is 5.67. The van der Waals surface area contributed by atoms with Gasteiger partial charge >= 0.3 is 0 Å². The normalized spacial score (nSPS) is 14.5. The summed E-state index contributed by atoms with van der Waals surface area (Å²) in [7, 11) is -3.82. The Morgan fingerprint density at radius 3 is 2.45 bits per heavy atom. The van der Waals surface area contributed by atoms with Crippen LogP contribution in [0.3, 0.4) is 0 Å². The standard InChI is InChI=1S/C16H15ClFNO2S/c17-13-6-8-16(15(18)10-13)19-22(20,21)14-7-5-11-3-1-2-4-12(11)9-14/h5-10,19H,1-4H2. The first kappa shape index (κ1) is 15.3. The Hall–Kier alpha value is -1.59. The van der Waals surface area contributed by atoms with E-state index in [-0.39, 0.29) is 15.6 Å². The predicted molar refractivity (Wildman–Crippen MR) is 85.3 cm³/mol. The molecule has 0 heterocycles. The van der Waals surface area contributed by atoms with E-state index in [2.05, 4.69) is 4.72 Å². The third-order valence-electron chi connectivity index (χ3n) is 3.81. The monoisotopic (exact) mass is 339 g/mol. The number of aryl methyl sites for hydroxylation is 2. The third kappa shape index (κ3) is 3.10. The molecule has 0 unspecified atom stereocenters. The van der Waals surface area contributed by atoms with Gasteiger partial charge in [-0.2, -0.15) is 0 Å². The van der Waals surface area contributed by atoms with E-state index in [1.165, 1.54) is 17.7 Å². The summed E-state index contributed by atoms with van der Waals surface area (Å²) in [6.07, 6.45) is 4.06. The molecule has 0 amide bonds. The number of halogens is 2. The molecule has 2 aromatic rings. The molecule has 0 bridgehead atoms. The van der Waals surface area contributed by atoms with E-state index in [9.17, 15) is 12.8 Å². The van der Waals surface area contributed by atoms with E-state index in [4.69, 9.17) is 11.6 Å². The number of hydrogen-bond donors (Lipinski definition) is 1. The summed E-state index contributed by atoms with van der Waals surface area (Å²) in [5.74, 6) is -0.700. The second-order valence-electron chi connectivity index (χ2n) is 5.37. The van der Waals surface area contributed by atoms with Gasteiger partial charge in [-0.1, -0.05) is 17.7 Å². The van der Waals surface area contributed by atoms with Crippen molar-refractivity contribution in [2.24, 2.45) is 0 Å². The highest BCUT2D eigenvalue weighted by molar-refractivity contribution is 7.92. The maximum absolute atomic E-state index is 13.8. The van der Waals surface area contributed by atoms with Crippen LogP contribution in [0.2, 0.25) is 5.02 Å². The molecule has 3 rings (SSSR count). The molecule has 0 saturated heterocycles. The van der Waals surface area contributed by atoms with Gasteiger partial charge in [0.05, 0.1) is 10.6 Å². The number of anilines is 1. The average molecular weight is 340 g/mol. The van der Waals surface area contributed by atoms with Crippen LogP contribution in [0.5, 0.6) is 0 Å². The smallest absolute Gasteiger partial charge is 0.261 e. The SMILES string of the molecule is O=S(=O)(Nc1ccc(Cl)cc1F)c1ccc2c(c1)CCCC2. The lowest BCUT2D eigenvalue weighted by Gasteiger charge is -2.17. The fourth-order valence-electron chi connectivity index (χ4n) is 2.65. The van der Waals surface area contributed by atoms with Gasteiger partial charge < -0.3 is 0 Å². The molecule has 22 heavy (non-hydrogen) atoms. The molecule has 3 nitrogen and oxygen atoms in total. The predicted octanol–water partition coefficient (Wildman–Crippen LogP) is 4.16. The summed E-state index contributed by atoms with van der Waals surface area (Å²) in [6, 6.07) is 8.93. The molecule has 0 saturated carbocycles. The van der Waals surface area contributed by atoms with Crippen molar-refractivity contribution < 1.29 is 12.8 Å². The number of benzene rings is 2. The molecule has 0 aromatic heterocycles. The van der Waals surface area contributed by atoms with Crippen LogP contribution >= 0.6 is 11.6 Å². The Morgan fingerprint density at radius 2 is 1.73 bits per heavy atom. The molecule has 0 fully saturated rings. The Labute approximate surface area is 134 Å². The van der Waals surface area contributed by atoms with E-state index < -0.39 is 15.8 Å². The van der Waals surface area contributed by atoms with Crippen LogP contribution < -0.4 is 4.72 Å². The lowest BCUT2D eigenvalue weighted by molar-refractivity contribution is 0.598. The minimum absolute atomic E-state index is 0.109. The van der Waals surface area contributed by atoms with Crippen molar-refractivity contribution >= 4 is 27.3 Å². The van der Waals surface area contributed by atoms with Gasteiger partial charge in [0.1, 0.15) is 5.82 Å². The summed E-state index contributed by atoms with van der Waals surface area (Å²) in [6.45, 7) is 0. The Morgan fingerprint density at radius 1 is 1.00 bits per heavy atom. The molecule has 116 valence electrons. The van der Waals surface area contributed by atoms with Gasteiger partial charge in [-0.25, -0.2) is 12.8 Å². The third-order valence-corrected chi connectivity index (χ3v) is 5.40. The summed E-state index contributed by atoms with van der Waals surface area (Å²) in [5, 5.41) is 0.217. The molecule has 2 aromatic carbocycles. The van der Waals surface area contributed by atoms with Crippen molar-refractivity contribution in [3.8, 4) is 0 Å². The Balaban J connectivity index is 1.92. The summed E-state index contributed by atoms with van der Waals surface area (Å²) in [4.78, 5) is 0.155. The van der Waals surface area contributed by atoms with E-state index in [0.717, 1.165) is 37.3 Å². The van der Waals surface area contributed by atoms with Crippen LogP contribution in [0, 0.1) is 5.82 Å². The summed E-state index contributed by atoms with van der Waals surface area (Å²) in [5.41, 5.74) is 2.15. The molecule has 1 N–H and O–H groups in total. The molecule has 0 aliphatic heterocycles. The lowest BCUT2D eigenvalue weighted by Crippen LogP contribution is -2.15. The Bertz CT molecular complexity index is 821. The van der Waals surface area contributed by atoms with E-state index in [1.54, 1.807) is 12.1 Å². The minimum atomic E-state index is -3.82.